The van der Waals surface area contributed by atoms with Crippen LogP contribution in [-0.4, -0.2) is 41.7 Å². The predicted molar refractivity (Wildman–Crippen MR) is 72.3 cm³/mol. The van der Waals surface area contributed by atoms with Crippen LogP contribution in [0, 0.1) is 0 Å². The Balaban J connectivity index is 1.72. The molecule has 0 radical (unpaired) electrons. The Labute approximate surface area is 113 Å². The Morgan fingerprint density at radius 2 is 2.26 bits per heavy atom. The van der Waals surface area contributed by atoms with E-state index in [0.717, 1.165) is 25.9 Å². The third-order valence-corrected chi connectivity index (χ3v) is 3.59. The standard InChI is InChI=1S/C14H22N2O3/c1-2-5-16-6-3-12(4-7-16)15-9-13-8-11(10-19-13)14(17)18/h8,10,12,15H,2-7,9H2,1H3,(H,17,18). The van der Waals surface area contributed by atoms with E-state index in [2.05, 4.69) is 17.1 Å². The quantitative estimate of drug-likeness (QED) is 0.823. The van der Waals surface area contributed by atoms with Gasteiger partial charge in [-0.25, -0.2) is 4.79 Å². The summed E-state index contributed by atoms with van der Waals surface area (Å²) in [5.74, 6) is -0.253. The van der Waals surface area contributed by atoms with E-state index in [0.29, 0.717) is 18.3 Å². The molecule has 19 heavy (non-hydrogen) atoms. The number of carboxylic acid groups (broad SMARTS) is 1. The van der Waals surface area contributed by atoms with Gasteiger partial charge in [0.2, 0.25) is 0 Å². The van der Waals surface area contributed by atoms with Crippen LogP contribution in [0.15, 0.2) is 16.7 Å². The lowest BCUT2D eigenvalue weighted by atomic mass is 10.0. The van der Waals surface area contributed by atoms with Gasteiger partial charge in [-0.3, -0.25) is 0 Å². The molecule has 1 saturated heterocycles. The molecule has 1 aliphatic rings. The summed E-state index contributed by atoms with van der Waals surface area (Å²) in [7, 11) is 0. The zero-order valence-corrected chi connectivity index (χ0v) is 11.4. The van der Waals surface area contributed by atoms with Crippen molar-refractivity contribution in [3.63, 3.8) is 0 Å². The Hall–Kier alpha value is -1.33. The van der Waals surface area contributed by atoms with Crippen molar-refractivity contribution in [2.45, 2.75) is 38.8 Å². The molecular formula is C14H22N2O3. The first-order valence-electron chi connectivity index (χ1n) is 6.95. The van der Waals surface area contributed by atoms with Crippen LogP contribution in [-0.2, 0) is 6.54 Å². The van der Waals surface area contributed by atoms with Gasteiger partial charge < -0.3 is 19.7 Å². The molecule has 1 fully saturated rings. The van der Waals surface area contributed by atoms with Crippen LogP contribution in [0.5, 0.6) is 0 Å². The van der Waals surface area contributed by atoms with Crippen LogP contribution in [0.1, 0.15) is 42.3 Å². The second kappa shape index (κ2) is 6.73. The van der Waals surface area contributed by atoms with E-state index in [1.54, 1.807) is 6.07 Å². The predicted octanol–water partition coefficient (Wildman–Crippen LogP) is 1.94. The van der Waals surface area contributed by atoms with Gasteiger partial charge in [0.05, 0.1) is 12.1 Å². The summed E-state index contributed by atoms with van der Waals surface area (Å²) in [6, 6.07) is 2.09. The number of furan rings is 1. The number of carbonyl (C=O) groups is 1. The fourth-order valence-corrected chi connectivity index (χ4v) is 2.51. The molecule has 1 aliphatic heterocycles. The number of aromatic carboxylic acids is 1. The fraction of sp³-hybridized carbons (Fsp3) is 0.643. The molecule has 5 nitrogen and oxygen atoms in total. The summed E-state index contributed by atoms with van der Waals surface area (Å²) in [5, 5.41) is 12.2. The number of likely N-dealkylation sites (tertiary alicyclic amines) is 1. The van der Waals surface area contributed by atoms with E-state index in [9.17, 15) is 4.79 Å². The average Bonchev–Trinajstić information content (AvgIpc) is 2.87. The summed E-state index contributed by atoms with van der Waals surface area (Å²) in [6.07, 6.45) is 4.80. The topological polar surface area (TPSA) is 65.7 Å². The highest BCUT2D eigenvalue weighted by Crippen LogP contribution is 2.13. The molecule has 0 aromatic carbocycles. The molecule has 1 aromatic rings. The Morgan fingerprint density at radius 1 is 1.53 bits per heavy atom. The first kappa shape index (κ1) is 14.1. The highest BCUT2D eigenvalue weighted by molar-refractivity contribution is 5.87. The van der Waals surface area contributed by atoms with Gasteiger partial charge in [-0.2, -0.15) is 0 Å². The van der Waals surface area contributed by atoms with E-state index in [4.69, 9.17) is 9.52 Å². The van der Waals surface area contributed by atoms with Crippen molar-refractivity contribution >= 4 is 5.97 Å². The van der Waals surface area contributed by atoms with Crippen LogP contribution >= 0.6 is 0 Å². The van der Waals surface area contributed by atoms with E-state index in [-0.39, 0.29) is 5.56 Å². The molecule has 0 spiro atoms. The van der Waals surface area contributed by atoms with Crippen molar-refractivity contribution in [2.24, 2.45) is 0 Å². The first-order chi connectivity index (χ1) is 9.19. The number of piperidine rings is 1. The van der Waals surface area contributed by atoms with Gasteiger partial charge in [0, 0.05) is 6.04 Å². The van der Waals surface area contributed by atoms with Gasteiger partial charge in [0.15, 0.2) is 0 Å². The summed E-state index contributed by atoms with van der Waals surface area (Å²) in [4.78, 5) is 13.2. The lowest BCUT2D eigenvalue weighted by Crippen LogP contribution is -2.42. The van der Waals surface area contributed by atoms with Gasteiger partial charge in [-0.1, -0.05) is 6.92 Å². The maximum Gasteiger partial charge on any atom is 0.338 e. The largest absolute Gasteiger partial charge is 0.478 e. The van der Waals surface area contributed by atoms with Crippen molar-refractivity contribution in [3.8, 4) is 0 Å². The van der Waals surface area contributed by atoms with Crippen LogP contribution in [0.2, 0.25) is 0 Å². The SMILES string of the molecule is CCCN1CCC(NCc2cc(C(=O)O)co2)CC1. The number of hydrogen-bond acceptors (Lipinski definition) is 4. The first-order valence-corrected chi connectivity index (χ1v) is 6.95. The van der Waals surface area contributed by atoms with Crippen LogP contribution < -0.4 is 5.32 Å². The van der Waals surface area contributed by atoms with E-state index in [1.807, 2.05) is 0 Å². The van der Waals surface area contributed by atoms with Gasteiger partial charge in [-0.05, 0) is 45.0 Å². The molecule has 0 saturated carbocycles. The molecule has 0 aliphatic carbocycles. The van der Waals surface area contributed by atoms with Crippen LogP contribution in [0.3, 0.4) is 0 Å². The highest BCUT2D eigenvalue weighted by atomic mass is 16.4. The van der Waals surface area contributed by atoms with Crippen molar-refractivity contribution in [3.05, 3.63) is 23.7 Å². The molecule has 1 aromatic heterocycles. The van der Waals surface area contributed by atoms with Gasteiger partial charge in [0.1, 0.15) is 12.0 Å². The van der Waals surface area contributed by atoms with Gasteiger partial charge >= 0.3 is 5.97 Å². The molecule has 0 bridgehead atoms. The van der Waals surface area contributed by atoms with E-state index < -0.39 is 5.97 Å². The number of carboxylic acids is 1. The van der Waals surface area contributed by atoms with E-state index >= 15 is 0 Å². The second-order valence-electron chi connectivity index (χ2n) is 5.10. The highest BCUT2D eigenvalue weighted by Gasteiger charge is 2.18. The number of rotatable bonds is 6. The van der Waals surface area contributed by atoms with Crippen molar-refractivity contribution < 1.29 is 14.3 Å². The lowest BCUT2D eigenvalue weighted by molar-refractivity contribution is 0.0696. The number of nitrogens with one attached hydrogen (secondary N) is 1. The summed E-state index contributed by atoms with van der Waals surface area (Å²) in [6.45, 7) is 6.29. The molecule has 0 atom stereocenters. The van der Waals surface area contributed by atoms with Crippen LogP contribution in [0.4, 0.5) is 0 Å². The molecule has 2 heterocycles. The minimum Gasteiger partial charge on any atom is -0.478 e. The Kier molecular flexibility index (Phi) is 4.99. The normalized spacial score (nSPS) is 17.7. The zero-order valence-electron chi connectivity index (χ0n) is 11.4. The number of hydrogen-bond donors (Lipinski definition) is 2. The lowest BCUT2D eigenvalue weighted by Gasteiger charge is -2.32. The van der Waals surface area contributed by atoms with Crippen molar-refractivity contribution in [2.75, 3.05) is 19.6 Å². The Morgan fingerprint density at radius 3 is 2.84 bits per heavy atom. The molecule has 2 N–H and O–H groups in total. The molecule has 0 amide bonds. The van der Waals surface area contributed by atoms with Crippen LogP contribution in [0.25, 0.3) is 0 Å². The van der Waals surface area contributed by atoms with Gasteiger partial charge in [-0.15, -0.1) is 0 Å². The van der Waals surface area contributed by atoms with E-state index in [1.165, 1.54) is 19.2 Å². The summed E-state index contributed by atoms with van der Waals surface area (Å²) >= 11 is 0. The minimum atomic E-state index is -0.942. The Bertz CT molecular complexity index is 409. The van der Waals surface area contributed by atoms with Gasteiger partial charge in [0.25, 0.3) is 0 Å². The summed E-state index contributed by atoms with van der Waals surface area (Å²) in [5.41, 5.74) is 0.217. The number of nitrogens with zero attached hydrogens (tertiary/aromatic N) is 1. The molecule has 0 unspecified atom stereocenters. The average molecular weight is 266 g/mol. The molecule has 106 valence electrons. The molecule has 5 heteroatoms. The van der Waals surface area contributed by atoms with Crippen molar-refractivity contribution in [1.29, 1.82) is 0 Å². The molecule has 2 rings (SSSR count). The third-order valence-electron chi connectivity index (χ3n) is 3.59. The summed E-state index contributed by atoms with van der Waals surface area (Å²) < 4.78 is 5.22. The fourth-order valence-electron chi connectivity index (χ4n) is 2.51. The molecular weight excluding hydrogens is 244 g/mol. The third kappa shape index (κ3) is 4.08. The monoisotopic (exact) mass is 266 g/mol. The zero-order chi connectivity index (χ0) is 13.7. The maximum absolute atomic E-state index is 10.7. The second-order valence-corrected chi connectivity index (χ2v) is 5.10. The smallest absolute Gasteiger partial charge is 0.338 e. The minimum absolute atomic E-state index is 0.217. The maximum atomic E-state index is 10.7. The van der Waals surface area contributed by atoms with Crippen molar-refractivity contribution in [1.82, 2.24) is 10.2 Å².